The maximum atomic E-state index is 11.7. The number of aliphatic hydroxyl groups excluding tert-OH is 3. The Morgan fingerprint density at radius 3 is 1.45 bits per heavy atom. The number of aliphatic hydroxyl groups is 5. The number of aromatic nitrogens is 2. The van der Waals surface area contributed by atoms with Crippen LogP contribution in [-0.2, 0) is 40.5 Å². The Hall–Kier alpha value is -3.37. The molecular formula is C63H86Br2Cl4Cu2N6O10. The van der Waals surface area contributed by atoms with Gasteiger partial charge in [-0.05, 0) is 115 Å². The molecule has 2 aliphatic heterocycles. The van der Waals surface area contributed by atoms with Crippen LogP contribution in [0.3, 0.4) is 0 Å². The monoisotopic (exact) mass is 1510 g/mol. The zero-order chi connectivity index (χ0) is 65.6. The summed E-state index contributed by atoms with van der Waals surface area (Å²) in [6, 6.07) is 39.8. The number of aldehydes is 1. The molecule has 0 radical (unpaired) electrons. The van der Waals surface area contributed by atoms with E-state index in [-0.39, 0.29) is 60.7 Å². The van der Waals surface area contributed by atoms with Crippen LogP contribution in [0.2, 0.25) is 0 Å². The summed E-state index contributed by atoms with van der Waals surface area (Å²) in [6.45, 7) is 20.5. The van der Waals surface area contributed by atoms with E-state index in [1.165, 1.54) is 11.1 Å². The van der Waals surface area contributed by atoms with E-state index in [9.17, 15) is 24.9 Å². The number of carbonyl (C=O) groups is 2. The first-order valence-electron chi connectivity index (χ1n) is 27.8. The average Bonchev–Trinajstić information content (AvgIpc) is 3.23. The summed E-state index contributed by atoms with van der Waals surface area (Å²) in [7, 11) is 18.7. The average molecular weight is 1520 g/mol. The predicted octanol–water partition coefficient (Wildman–Crippen LogP) is 13.9. The van der Waals surface area contributed by atoms with Crippen LogP contribution < -0.4 is 5.73 Å². The number of nitrogens with two attached hydrogens (primary N) is 1. The van der Waals surface area contributed by atoms with E-state index in [2.05, 4.69) is 153 Å². The zero-order valence-electron chi connectivity index (χ0n) is 50.8. The van der Waals surface area contributed by atoms with Crippen molar-refractivity contribution in [2.75, 3.05) is 39.6 Å². The SMILES string of the molecule is CC(C)(C)[C@@H](N)C1=N[C@@H](c2ccccc2)CO1.CC(C)(C)[C@@H](N=Cc1cccc(Br)n1)C1=N[C@@H](c2ccccc2)CO1.CC[C@H](C)CC(O)(CO)CO.CC[C@H](C)C[C@](O)(CO)COC(=O)c1ccccc1.O=Cc1cccc(Br)n1.[Cl][Cu][Cl].[Cl][Cu][Cl]. The van der Waals surface area contributed by atoms with Gasteiger partial charge in [0.15, 0.2) is 6.29 Å². The van der Waals surface area contributed by atoms with E-state index < -0.39 is 23.8 Å². The van der Waals surface area contributed by atoms with Gasteiger partial charge in [0.05, 0.1) is 37.1 Å². The quantitative estimate of drug-likeness (QED) is 0.0148. The fourth-order valence-corrected chi connectivity index (χ4v) is 8.47. The first-order valence-corrected chi connectivity index (χ1v) is 34.5. The molecule has 0 bridgehead atoms. The topological polar surface area (TPSA) is 252 Å². The van der Waals surface area contributed by atoms with E-state index in [0.717, 1.165) is 49.4 Å². The van der Waals surface area contributed by atoms with Crippen LogP contribution in [0.15, 0.2) is 152 Å². The molecule has 2 aromatic heterocycles. The Morgan fingerprint density at radius 1 is 0.655 bits per heavy atom. The minimum atomic E-state index is -1.36. The third-order valence-corrected chi connectivity index (χ3v) is 14.0. The molecule has 7 N–H and O–H groups in total. The number of nitrogens with zero attached hydrogens (tertiary/aromatic N) is 5. The van der Waals surface area contributed by atoms with Crippen molar-refractivity contribution in [1.29, 1.82) is 0 Å². The summed E-state index contributed by atoms with van der Waals surface area (Å²) in [5.74, 6) is 1.49. The van der Waals surface area contributed by atoms with Gasteiger partial charge in [-0.1, -0.05) is 173 Å². The molecule has 24 heteroatoms. The molecule has 7 atom stereocenters. The van der Waals surface area contributed by atoms with Gasteiger partial charge in [0.1, 0.15) is 64.0 Å². The molecule has 4 heterocycles. The number of pyridine rings is 2. The summed E-state index contributed by atoms with van der Waals surface area (Å²) >= 11 is 8.03. The van der Waals surface area contributed by atoms with Gasteiger partial charge >= 0.3 is 72.6 Å². The number of hydrogen-bond donors (Lipinski definition) is 6. The van der Waals surface area contributed by atoms with Gasteiger partial charge < -0.3 is 45.5 Å². The normalized spacial score (nSPS) is 16.4. The van der Waals surface area contributed by atoms with Gasteiger partial charge in [-0.3, -0.25) is 9.79 Å². The Balaban J connectivity index is 0.000000551. The number of esters is 1. The van der Waals surface area contributed by atoms with Gasteiger partial charge in [0.25, 0.3) is 0 Å². The van der Waals surface area contributed by atoms with Crippen LogP contribution in [0, 0.1) is 22.7 Å². The van der Waals surface area contributed by atoms with Crippen molar-refractivity contribution in [1.82, 2.24) is 9.97 Å². The molecule has 3 aromatic carbocycles. The third-order valence-electron chi connectivity index (χ3n) is 13.1. The van der Waals surface area contributed by atoms with Crippen LogP contribution in [0.25, 0.3) is 0 Å². The van der Waals surface area contributed by atoms with E-state index in [1.54, 1.807) is 48.7 Å². The summed E-state index contributed by atoms with van der Waals surface area (Å²) in [4.78, 5) is 44.2. The minimum absolute atomic E-state index is 0.0234. The van der Waals surface area contributed by atoms with Crippen LogP contribution in [-0.4, -0.2) is 129 Å². The van der Waals surface area contributed by atoms with Crippen molar-refractivity contribution in [3.05, 3.63) is 165 Å². The molecule has 5 aromatic rings. The van der Waals surface area contributed by atoms with Crippen molar-refractivity contribution < 1.29 is 75.6 Å². The van der Waals surface area contributed by atoms with Gasteiger partial charge in [0.2, 0.25) is 11.8 Å². The molecule has 0 aliphatic carbocycles. The second-order valence-electron chi connectivity index (χ2n) is 22.6. The predicted molar refractivity (Wildman–Crippen MR) is 352 cm³/mol. The van der Waals surface area contributed by atoms with Crippen molar-refractivity contribution in [3.8, 4) is 0 Å². The number of aliphatic imine (C=N–C) groups is 3. The third kappa shape index (κ3) is 33.5. The van der Waals surface area contributed by atoms with Crippen molar-refractivity contribution in [2.24, 2.45) is 43.4 Å². The van der Waals surface area contributed by atoms with E-state index in [1.807, 2.05) is 88.4 Å². The standard InChI is InChI=1S/C20H22BrN3O.C15H22O4.C14H20N2O.C8H18O3.C6H4BrNO.4ClH.2Cu/c1-20(2,3)18(22-12-15-10-7-11-17(21)23-15)19-24-16(13-25-19)14-8-5-4-6-9-14;1-3-12(2)9-15(18,10-16)11-19-14(17)13-7-5-4-6-8-13;1-14(2,3)12(15)13-16-11(9-17-13)10-7-5-4-6-8-10;1-3-7(2)4-8(11,5-9)6-10;7-6-3-1-2-5(4-9)8-6;;;;;;/h4-12,16,18H,13H2,1-3H3;4-8,12,16,18H,3,9-11H2,1-2H3;4-8,11-12H,9,15H2,1-3H3;7,9-11H,3-6H2,1-2H3;1-4H;4*1H;;/q;;;;;;;;;2*+2/p-4/t16-,18+;12-,15-;11-,12+;7-;;;;;;;/m1010......./s1. The molecule has 0 unspecified atom stereocenters. The van der Waals surface area contributed by atoms with Crippen molar-refractivity contribution in [3.63, 3.8) is 0 Å². The summed E-state index contributed by atoms with van der Waals surface area (Å²) in [5, 5.41) is 46.3. The molecule has 0 saturated carbocycles. The Morgan fingerprint density at radius 2 is 1.06 bits per heavy atom. The number of ether oxygens (including phenoxy) is 3. The molecule has 16 nitrogen and oxygen atoms in total. The second kappa shape index (κ2) is 44.2. The second-order valence-corrected chi connectivity index (χ2v) is 27.3. The zero-order valence-corrected chi connectivity index (χ0v) is 58.9. The van der Waals surface area contributed by atoms with Gasteiger partial charge in [-0.15, -0.1) is 0 Å². The Labute approximate surface area is 561 Å². The molecule has 2 aliphatic rings. The summed E-state index contributed by atoms with van der Waals surface area (Å²) < 4.78 is 18.1. The Kier molecular flexibility index (Phi) is 41.5. The first-order chi connectivity index (χ1) is 41.1. The van der Waals surface area contributed by atoms with Crippen molar-refractivity contribution in [2.45, 2.75) is 130 Å². The van der Waals surface area contributed by atoms with Crippen LogP contribution in [0.5, 0.6) is 0 Å². The number of rotatable bonds is 19. The van der Waals surface area contributed by atoms with E-state index in [4.69, 9.17) is 40.1 Å². The molecule has 0 fully saturated rings. The number of halogens is 6. The molecule has 7 rings (SSSR count). The molecule has 0 saturated heterocycles. The summed E-state index contributed by atoms with van der Waals surface area (Å²) in [5.41, 5.74) is 7.41. The van der Waals surface area contributed by atoms with Crippen LogP contribution in [0.4, 0.5) is 0 Å². The Bertz CT molecular complexity index is 2770. The number of hydrogen-bond acceptors (Lipinski definition) is 16. The van der Waals surface area contributed by atoms with Gasteiger partial charge in [-0.2, -0.15) is 0 Å². The number of carbonyl (C=O) groups excluding carboxylic acids is 2. The summed E-state index contributed by atoms with van der Waals surface area (Å²) in [6.07, 6.45) is 5.21. The molecule has 492 valence electrons. The van der Waals surface area contributed by atoms with Crippen molar-refractivity contribution >= 4 is 103 Å². The van der Waals surface area contributed by atoms with E-state index >= 15 is 0 Å². The van der Waals surface area contributed by atoms with Crippen LogP contribution >= 0.6 is 72.3 Å². The number of benzene rings is 3. The van der Waals surface area contributed by atoms with Gasteiger partial charge in [0, 0.05) is 6.21 Å². The molecular weight excluding hydrogens is 1430 g/mol. The van der Waals surface area contributed by atoms with Crippen LogP contribution in [0.1, 0.15) is 145 Å². The first kappa shape index (κ1) is 81.6. The molecule has 0 spiro atoms. The van der Waals surface area contributed by atoms with Gasteiger partial charge in [-0.25, -0.2) is 24.7 Å². The molecule has 87 heavy (non-hydrogen) atoms. The fraction of sp³-hybridized carbons (Fsp3) is 0.476. The van der Waals surface area contributed by atoms with E-state index in [0.29, 0.717) is 65.9 Å². The fourth-order valence-electron chi connectivity index (χ4n) is 7.75. The maximum absolute atomic E-state index is 11.7. The molecule has 0 amide bonds.